The number of hydrogen-bond acceptors (Lipinski definition) is 4. The summed E-state index contributed by atoms with van der Waals surface area (Å²) in [5, 5.41) is 0. The zero-order chi connectivity index (χ0) is 12.7. The molecule has 0 saturated heterocycles. The highest BCUT2D eigenvalue weighted by molar-refractivity contribution is 6.00. The average molecular weight is 240 g/mol. The Morgan fingerprint density at radius 3 is 2.24 bits per heavy atom. The maximum atomic E-state index is 12.0. The van der Waals surface area contributed by atoms with Crippen LogP contribution in [0.3, 0.4) is 0 Å². The van der Waals surface area contributed by atoms with Gasteiger partial charge in [0.2, 0.25) is 0 Å². The minimum Gasteiger partial charge on any atom is -0.465 e. The van der Waals surface area contributed by atoms with Crippen LogP contribution in [0.15, 0.2) is 12.2 Å². The van der Waals surface area contributed by atoms with Gasteiger partial charge in [-0.05, 0) is 39.5 Å². The first-order valence-corrected chi connectivity index (χ1v) is 6.16. The third-order valence-corrected chi connectivity index (χ3v) is 2.94. The molecule has 96 valence electrons. The molecule has 0 fully saturated rings. The Hall–Kier alpha value is -1.32. The van der Waals surface area contributed by atoms with Gasteiger partial charge in [0.05, 0.1) is 13.2 Å². The molecule has 0 unspecified atom stereocenters. The Labute approximate surface area is 102 Å². The summed E-state index contributed by atoms with van der Waals surface area (Å²) in [6.07, 6.45) is 6.44. The van der Waals surface area contributed by atoms with Gasteiger partial charge >= 0.3 is 11.9 Å². The van der Waals surface area contributed by atoms with Crippen LogP contribution >= 0.6 is 0 Å². The first-order valence-electron chi connectivity index (χ1n) is 6.16. The van der Waals surface area contributed by atoms with E-state index in [1.807, 2.05) is 12.2 Å². The van der Waals surface area contributed by atoms with E-state index in [0.717, 1.165) is 12.8 Å². The van der Waals surface area contributed by atoms with Crippen molar-refractivity contribution in [1.82, 2.24) is 0 Å². The third kappa shape index (κ3) is 3.08. The molecule has 1 aliphatic carbocycles. The van der Waals surface area contributed by atoms with Crippen molar-refractivity contribution in [2.24, 2.45) is 5.41 Å². The van der Waals surface area contributed by atoms with Gasteiger partial charge < -0.3 is 9.47 Å². The van der Waals surface area contributed by atoms with E-state index in [2.05, 4.69) is 0 Å². The van der Waals surface area contributed by atoms with Crippen LogP contribution < -0.4 is 0 Å². The summed E-state index contributed by atoms with van der Waals surface area (Å²) >= 11 is 0. The molecular weight excluding hydrogens is 220 g/mol. The second kappa shape index (κ2) is 6.42. The monoisotopic (exact) mass is 240 g/mol. The molecule has 4 heteroatoms. The summed E-state index contributed by atoms with van der Waals surface area (Å²) < 4.78 is 10.1. The fourth-order valence-corrected chi connectivity index (χ4v) is 2.02. The molecule has 0 N–H and O–H groups in total. The Bertz CT molecular complexity index is 289. The molecule has 0 aromatic heterocycles. The first kappa shape index (κ1) is 13.7. The number of carbonyl (C=O) groups is 2. The van der Waals surface area contributed by atoms with Crippen molar-refractivity contribution >= 4 is 11.9 Å². The lowest BCUT2D eigenvalue weighted by atomic mass is 9.80. The molecule has 1 aliphatic rings. The van der Waals surface area contributed by atoms with Gasteiger partial charge in [-0.3, -0.25) is 9.59 Å². The maximum absolute atomic E-state index is 12.0. The molecular formula is C13H20O4. The van der Waals surface area contributed by atoms with Crippen LogP contribution in [0.2, 0.25) is 0 Å². The van der Waals surface area contributed by atoms with E-state index >= 15 is 0 Å². The van der Waals surface area contributed by atoms with Crippen LogP contribution in [0.25, 0.3) is 0 Å². The number of hydrogen-bond donors (Lipinski definition) is 0. The molecule has 0 aromatic carbocycles. The van der Waals surface area contributed by atoms with Gasteiger partial charge in [-0.2, -0.15) is 0 Å². The molecule has 0 bridgehead atoms. The van der Waals surface area contributed by atoms with Crippen molar-refractivity contribution in [3.05, 3.63) is 12.2 Å². The van der Waals surface area contributed by atoms with Crippen molar-refractivity contribution in [3.8, 4) is 0 Å². The molecule has 0 atom stereocenters. The van der Waals surface area contributed by atoms with E-state index in [1.165, 1.54) is 0 Å². The first-order chi connectivity index (χ1) is 8.17. The zero-order valence-corrected chi connectivity index (χ0v) is 10.5. The molecule has 0 radical (unpaired) electrons. The molecule has 0 amide bonds. The molecule has 0 saturated carbocycles. The van der Waals surface area contributed by atoms with E-state index < -0.39 is 17.4 Å². The summed E-state index contributed by atoms with van der Waals surface area (Å²) in [4.78, 5) is 24.1. The lowest BCUT2D eigenvalue weighted by Crippen LogP contribution is -2.41. The van der Waals surface area contributed by atoms with Crippen LogP contribution in [0.1, 0.15) is 39.5 Å². The van der Waals surface area contributed by atoms with Crippen molar-refractivity contribution in [2.75, 3.05) is 13.2 Å². The predicted molar refractivity (Wildman–Crippen MR) is 63.3 cm³/mol. The second-order valence-corrected chi connectivity index (χ2v) is 4.09. The van der Waals surface area contributed by atoms with Crippen LogP contribution in [0, 0.1) is 5.41 Å². The van der Waals surface area contributed by atoms with Gasteiger partial charge in [0.25, 0.3) is 0 Å². The largest absolute Gasteiger partial charge is 0.465 e. The highest BCUT2D eigenvalue weighted by atomic mass is 16.6. The summed E-state index contributed by atoms with van der Waals surface area (Å²) in [6.45, 7) is 4.04. The molecule has 0 aliphatic heterocycles. The van der Waals surface area contributed by atoms with Crippen LogP contribution in [-0.2, 0) is 19.1 Å². The van der Waals surface area contributed by atoms with Crippen molar-refractivity contribution < 1.29 is 19.1 Å². The van der Waals surface area contributed by atoms with Crippen molar-refractivity contribution in [1.29, 1.82) is 0 Å². The topological polar surface area (TPSA) is 52.6 Å². The number of allylic oxidation sites excluding steroid dienone is 2. The SMILES string of the molecule is CCOC(=O)C1(C(=O)OCC)CC=CCCC1. The third-order valence-electron chi connectivity index (χ3n) is 2.94. The quantitative estimate of drug-likeness (QED) is 0.429. The molecule has 1 rings (SSSR count). The molecule has 0 aromatic rings. The molecule has 17 heavy (non-hydrogen) atoms. The van der Waals surface area contributed by atoms with Crippen molar-refractivity contribution in [3.63, 3.8) is 0 Å². The number of esters is 2. The number of ether oxygens (including phenoxy) is 2. The van der Waals surface area contributed by atoms with Crippen LogP contribution in [0.4, 0.5) is 0 Å². The van der Waals surface area contributed by atoms with E-state index in [1.54, 1.807) is 13.8 Å². The fraction of sp³-hybridized carbons (Fsp3) is 0.692. The number of carbonyl (C=O) groups excluding carboxylic acids is 2. The number of rotatable bonds is 4. The fourth-order valence-electron chi connectivity index (χ4n) is 2.02. The van der Waals surface area contributed by atoms with E-state index in [0.29, 0.717) is 12.8 Å². The van der Waals surface area contributed by atoms with Crippen LogP contribution in [-0.4, -0.2) is 25.2 Å². The normalized spacial score (nSPS) is 18.2. The van der Waals surface area contributed by atoms with Gasteiger partial charge in [0.15, 0.2) is 5.41 Å². The second-order valence-electron chi connectivity index (χ2n) is 4.09. The van der Waals surface area contributed by atoms with Gasteiger partial charge in [-0.1, -0.05) is 12.2 Å². The Kier molecular flexibility index (Phi) is 5.19. The maximum Gasteiger partial charge on any atom is 0.323 e. The minimum absolute atomic E-state index is 0.281. The summed E-state index contributed by atoms with van der Waals surface area (Å²) in [5.74, 6) is -0.907. The smallest absolute Gasteiger partial charge is 0.323 e. The standard InChI is InChI=1S/C13H20O4/c1-3-16-11(14)13(12(15)17-4-2)9-7-5-6-8-10-13/h5,7H,3-4,6,8-10H2,1-2H3. The summed E-state index contributed by atoms with van der Waals surface area (Å²) in [6, 6.07) is 0. The van der Waals surface area contributed by atoms with E-state index in [9.17, 15) is 9.59 Å². The van der Waals surface area contributed by atoms with E-state index in [4.69, 9.17) is 9.47 Å². The highest BCUT2D eigenvalue weighted by Gasteiger charge is 2.47. The minimum atomic E-state index is -1.13. The Morgan fingerprint density at radius 2 is 1.71 bits per heavy atom. The molecule has 0 spiro atoms. The van der Waals surface area contributed by atoms with Gasteiger partial charge in [0.1, 0.15) is 0 Å². The van der Waals surface area contributed by atoms with Gasteiger partial charge in [0, 0.05) is 0 Å². The average Bonchev–Trinajstić information content (AvgIpc) is 2.56. The highest BCUT2D eigenvalue weighted by Crippen LogP contribution is 2.35. The van der Waals surface area contributed by atoms with Gasteiger partial charge in [-0.25, -0.2) is 0 Å². The Balaban J connectivity index is 2.93. The lowest BCUT2D eigenvalue weighted by Gasteiger charge is -2.27. The lowest BCUT2D eigenvalue weighted by molar-refractivity contribution is -0.172. The zero-order valence-electron chi connectivity index (χ0n) is 10.5. The predicted octanol–water partition coefficient (Wildman–Crippen LogP) is 2.23. The molecule has 0 heterocycles. The summed E-state index contributed by atoms with van der Waals surface area (Å²) in [5.41, 5.74) is -1.13. The molecule has 4 nitrogen and oxygen atoms in total. The van der Waals surface area contributed by atoms with Gasteiger partial charge in [-0.15, -0.1) is 0 Å². The van der Waals surface area contributed by atoms with Crippen LogP contribution in [0.5, 0.6) is 0 Å². The Morgan fingerprint density at radius 1 is 1.12 bits per heavy atom. The van der Waals surface area contributed by atoms with E-state index in [-0.39, 0.29) is 13.2 Å². The summed E-state index contributed by atoms with van der Waals surface area (Å²) in [7, 11) is 0. The van der Waals surface area contributed by atoms with Crippen molar-refractivity contribution in [2.45, 2.75) is 39.5 Å².